The SMILES string of the molecule is COC(=O)[C@H](Cc1cccc2c1CC[C@H]2c1c(C(F)(F)F)c2ccccc2n(C)c1=O)N1C(=O)c2ccccc2C1=O. The van der Waals surface area contributed by atoms with Crippen LogP contribution >= 0.6 is 0 Å². The van der Waals surface area contributed by atoms with E-state index >= 15 is 0 Å². The van der Waals surface area contributed by atoms with Gasteiger partial charge in [0.1, 0.15) is 6.04 Å². The number of carbonyl (C=O) groups is 3. The predicted molar refractivity (Wildman–Crippen MR) is 147 cm³/mol. The van der Waals surface area contributed by atoms with Gasteiger partial charge in [0, 0.05) is 30.3 Å². The minimum atomic E-state index is -4.77. The zero-order valence-electron chi connectivity index (χ0n) is 22.7. The van der Waals surface area contributed by atoms with Crippen molar-refractivity contribution < 1.29 is 32.3 Å². The van der Waals surface area contributed by atoms with Gasteiger partial charge in [0.05, 0.1) is 29.3 Å². The summed E-state index contributed by atoms with van der Waals surface area (Å²) in [6.07, 6.45) is -4.27. The molecule has 0 spiro atoms. The first-order valence-corrected chi connectivity index (χ1v) is 13.4. The molecule has 2 atom stereocenters. The van der Waals surface area contributed by atoms with E-state index in [9.17, 15) is 32.3 Å². The van der Waals surface area contributed by atoms with E-state index in [0.29, 0.717) is 23.1 Å². The third-order valence-electron chi connectivity index (χ3n) is 8.36. The Kier molecular flexibility index (Phi) is 6.51. The summed E-state index contributed by atoms with van der Waals surface area (Å²) in [4.78, 5) is 53.7. The van der Waals surface area contributed by atoms with Crippen molar-refractivity contribution in [1.29, 1.82) is 0 Å². The summed E-state index contributed by atoms with van der Waals surface area (Å²) in [6.45, 7) is 0. The second kappa shape index (κ2) is 9.97. The maximum atomic E-state index is 14.6. The third kappa shape index (κ3) is 4.12. The second-order valence-corrected chi connectivity index (χ2v) is 10.5. The van der Waals surface area contributed by atoms with Crippen molar-refractivity contribution in [3.63, 3.8) is 0 Å². The zero-order valence-corrected chi connectivity index (χ0v) is 22.7. The van der Waals surface area contributed by atoms with Gasteiger partial charge in [-0.3, -0.25) is 19.3 Å². The molecule has 4 aromatic rings. The first-order chi connectivity index (χ1) is 20.0. The third-order valence-corrected chi connectivity index (χ3v) is 8.36. The number of para-hydroxylation sites is 1. The molecule has 3 aromatic carbocycles. The highest BCUT2D eigenvalue weighted by Crippen LogP contribution is 2.45. The van der Waals surface area contributed by atoms with Crippen LogP contribution in [0.25, 0.3) is 10.9 Å². The standard InChI is InChI=1S/C32H25F3N2O5/c1-36-24-13-6-5-11-23(24)27(32(33,34)35)26(30(36)40)20-15-14-18-17(8-7-12-19(18)20)16-25(31(41)42-2)37-28(38)21-9-3-4-10-22(21)29(37)39/h3-13,20,25H,14-16H2,1-2H3/t20-,25+/m1/s1. The molecule has 2 amide bonds. The molecule has 0 fully saturated rings. The molecule has 0 saturated heterocycles. The number of pyridine rings is 1. The Balaban J connectivity index is 1.45. The Bertz CT molecular complexity index is 1820. The van der Waals surface area contributed by atoms with Gasteiger partial charge in [0.25, 0.3) is 17.4 Å². The first kappa shape index (κ1) is 27.4. The molecule has 214 valence electrons. The van der Waals surface area contributed by atoms with Crippen LogP contribution in [-0.4, -0.2) is 40.4 Å². The lowest BCUT2D eigenvalue weighted by atomic mass is 9.87. The molecule has 0 radical (unpaired) electrons. The number of imide groups is 1. The number of ether oxygens (including phenoxy) is 1. The summed E-state index contributed by atoms with van der Waals surface area (Å²) in [5.74, 6) is -2.87. The van der Waals surface area contributed by atoms with Gasteiger partial charge in [-0.05, 0) is 47.7 Å². The maximum Gasteiger partial charge on any atom is 0.417 e. The van der Waals surface area contributed by atoms with Crippen LogP contribution in [0.5, 0.6) is 0 Å². The number of alkyl halides is 3. The van der Waals surface area contributed by atoms with Crippen LogP contribution in [-0.2, 0) is 35.6 Å². The Morgan fingerprint density at radius 3 is 2.24 bits per heavy atom. The van der Waals surface area contributed by atoms with E-state index in [1.54, 1.807) is 36.4 Å². The molecule has 0 bridgehead atoms. The van der Waals surface area contributed by atoms with Gasteiger partial charge in [0.2, 0.25) is 0 Å². The Hall–Kier alpha value is -4.73. The molecule has 0 unspecified atom stereocenters. The number of hydrogen-bond acceptors (Lipinski definition) is 5. The molecule has 2 aliphatic rings. The van der Waals surface area contributed by atoms with Crippen molar-refractivity contribution in [2.24, 2.45) is 7.05 Å². The summed E-state index contributed by atoms with van der Waals surface area (Å²) in [5, 5.41) is -0.0527. The molecular formula is C32H25F3N2O5. The molecular weight excluding hydrogens is 549 g/mol. The van der Waals surface area contributed by atoms with Gasteiger partial charge in [-0.1, -0.05) is 48.5 Å². The van der Waals surface area contributed by atoms with E-state index in [2.05, 4.69) is 0 Å². The minimum absolute atomic E-state index is 0.0527. The fraction of sp³-hybridized carbons (Fsp3) is 0.250. The van der Waals surface area contributed by atoms with Gasteiger partial charge < -0.3 is 9.30 Å². The van der Waals surface area contributed by atoms with Gasteiger partial charge in [-0.25, -0.2) is 4.79 Å². The molecule has 1 aliphatic heterocycles. The van der Waals surface area contributed by atoms with Crippen LogP contribution in [0.1, 0.15) is 60.9 Å². The summed E-state index contributed by atoms with van der Waals surface area (Å²) in [5.41, 5.74) is 0.409. The monoisotopic (exact) mass is 574 g/mol. The minimum Gasteiger partial charge on any atom is -0.467 e. The molecule has 1 aromatic heterocycles. The number of nitrogens with zero attached hydrogens (tertiary/aromatic N) is 2. The first-order valence-electron chi connectivity index (χ1n) is 13.4. The van der Waals surface area contributed by atoms with Gasteiger partial charge >= 0.3 is 12.1 Å². The van der Waals surface area contributed by atoms with Crippen LogP contribution in [0.3, 0.4) is 0 Å². The average molecular weight is 575 g/mol. The molecule has 7 nitrogen and oxygen atoms in total. The predicted octanol–water partition coefficient (Wildman–Crippen LogP) is 5.02. The highest BCUT2D eigenvalue weighted by Gasteiger charge is 2.45. The molecule has 42 heavy (non-hydrogen) atoms. The molecule has 1 aliphatic carbocycles. The number of esters is 1. The number of fused-ring (bicyclic) bond motifs is 3. The van der Waals surface area contributed by atoms with E-state index in [1.807, 2.05) is 0 Å². The van der Waals surface area contributed by atoms with Crippen molar-refractivity contribution >= 4 is 28.7 Å². The van der Waals surface area contributed by atoms with E-state index < -0.39 is 47.0 Å². The van der Waals surface area contributed by atoms with Crippen molar-refractivity contribution in [3.05, 3.63) is 116 Å². The van der Waals surface area contributed by atoms with Crippen molar-refractivity contribution in [3.8, 4) is 0 Å². The van der Waals surface area contributed by atoms with Gasteiger partial charge in [0.15, 0.2) is 0 Å². The van der Waals surface area contributed by atoms with Gasteiger partial charge in [-0.2, -0.15) is 13.2 Å². The zero-order chi connectivity index (χ0) is 29.9. The number of amides is 2. The highest BCUT2D eigenvalue weighted by molar-refractivity contribution is 6.22. The summed E-state index contributed by atoms with van der Waals surface area (Å²) in [7, 11) is 2.62. The lowest BCUT2D eigenvalue weighted by molar-refractivity contribution is -0.145. The summed E-state index contributed by atoms with van der Waals surface area (Å²) < 4.78 is 50.0. The number of rotatable bonds is 5. The largest absolute Gasteiger partial charge is 0.467 e. The van der Waals surface area contributed by atoms with Crippen LogP contribution in [0.4, 0.5) is 13.2 Å². The molecule has 6 rings (SSSR count). The number of halogens is 3. The van der Waals surface area contributed by atoms with Crippen LogP contribution in [0.15, 0.2) is 71.5 Å². The summed E-state index contributed by atoms with van der Waals surface area (Å²) in [6, 6.07) is 16.0. The Labute approximate surface area is 238 Å². The van der Waals surface area contributed by atoms with E-state index in [0.717, 1.165) is 12.0 Å². The molecule has 2 heterocycles. The number of benzene rings is 3. The highest BCUT2D eigenvalue weighted by atomic mass is 19.4. The van der Waals surface area contributed by atoms with Crippen molar-refractivity contribution in [1.82, 2.24) is 9.47 Å². The maximum absolute atomic E-state index is 14.6. The van der Waals surface area contributed by atoms with Crippen molar-refractivity contribution in [2.45, 2.75) is 37.4 Å². The number of hydrogen-bond donors (Lipinski definition) is 0. The lowest BCUT2D eigenvalue weighted by Crippen LogP contribution is -2.46. The topological polar surface area (TPSA) is 85.7 Å². The van der Waals surface area contributed by atoms with Crippen LogP contribution in [0, 0.1) is 0 Å². The quantitative estimate of drug-likeness (QED) is 0.247. The number of aryl methyl sites for hydroxylation is 1. The number of aromatic nitrogens is 1. The van der Waals surface area contributed by atoms with Crippen molar-refractivity contribution in [2.75, 3.05) is 7.11 Å². The van der Waals surface area contributed by atoms with Crippen LogP contribution in [0.2, 0.25) is 0 Å². The van der Waals surface area contributed by atoms with E-state index in [-0.39, 0.29) is 40.4 Å². The normalized spacial score (nSPS) is 17.0. The molecule has 0 N–H and O–H groups in total. The molecule has 10 heteroatoms. The smallest absolute Gasteiger partial charge is 0.417 e. The number of methoxy groups -OCH3 is 1. The lowest BCUT2D eigenvalue weighted by Gasteiger charge is -2.25. The molecule has 0 saturated carbocycles. The summed E-state index contributed by atoms with van der Waals surface area (Å²) >= 11 is 0. The number of carbonyl (C=O) groups excluding carboxylic acids is 3. The van der Waals surface area contributed by atoms with Crippen LogP contribution < -0.4 is 5.56 Å². The van der Waals surface area contributed by atoms with E-state index in [4.69, 9.17) is 4.74 Å². The second-order valence-electron chi connectivity index (χ2n) is 10.5. The van der Waals surface area contributed by atoms with E-state index in [1.165, 1.54) is 41.9 Å². The fourth-order valence-corrected chi connectivity index (χ4v) is 6.48. The van der Waals surface area contributed by atoms with Gasteiger partial charge in [-0.15, -0.1) is 0 Å². The Morgan fingerprint density at radius 2 is 1.60 bits per heavy atom. The Morgan fingerprint density at radius 1 is 0.952 bits per heavy atom. The average Bonchev–Trinajstić information content (AvgIpc) is 3.51. The fourth-order valence-electron chi connectivity index (χ4n) is 6.48.